The van der Waals surface area contributed by atoms with Crippen LogP contribution in [0.1, 0.15) is 20.7 Å². The van der Waals surface area contributed by atoms with Crippen molar-refractivity contribution in [3.63, 3.8) is 0 Å². The summed E-state index contributed by atoms with van der Waals surface area (Å²) < 4.78 is 33.6. The molecule has 0 heterocycles. The van der Waals surface area contributed by atoms with E-state index in [-0.39, 0.29) is 17.0 Å². The summed E-state index contributed by atoms with van der Waals surface area (Å²) in [6.45, 7) is -2.99. The van der Waals surface area contributed by atoms with Crippen LogP contribution in [0, 0.1) is 0 Å². The van der Waals surface area contributed by atoms with E-state index in [1.54, 1.807) is 6.07 Å². The van der Waals surface area contributed by atoms with Crippen LogP contribution in [0.15, 0.2) is 48.5 Å². The molecular formula is C16H13F2NO4. The van der Waals surface area contributed by atoms with Crippen LogP contribution in [0.2, 0.25) is 0 Å². The van der Waals surface area contributed by atoms with Gasteiger partial charge in [0, 0.05) is 5.56 Å². The van der Waals surface area contributed by atoms with E-state index in [0.717, 1.165) is 0 Å². The van der Waals surface area contributed by atoms with Gasteiger partial charge in [-0.05, 0) is 36.4 Å². The van der Waals surface area contributed by atoms with Crippen molar-refractivity contribution >= 4 is 17.6 Å². The Balaban J connectivity index is 2.15. The topological polar surface area (TPSA) is 64.6 Å². The molecule has 2 rings (SSSR count). The fourth-order valence-corrected chi connectivity index (χ4v) is 1.84. The second kappa shape index (κ2) is 7.35. The van der Waals surface area contributed by atoms with Crippen LogP contribution in [0.3, 0.4) is 0 Å². The molecule has 2 aromatic carbocycles. The first kappa shape index (κ1) is 16.4. The number of nitrogens with one attached hydrogen (secondary N) is 1. The molecule has 0 aliphatic carbocycles. The average molecular weight is 321 g/mol. The summed E-state index contributed by atoms with van der Waals surface area (Å²) in [6.07, 6.45) is 0. The fraction of sp³-hybridized carbons (Fsp3) is 0.125. The zero-order chi connectivity index (χ0) is 16.8. The van der Waals surface area contributed by atoms with Crippen LogP contribution < -0.4 is 10.1 Å². The smallest absolute Gasteiger partial charge is 0.387 e. The van der Waals surface area contributed by atoms with Gasteiger partial charge in [-0.1, -0.05) is 12.1 Å². The van der Waals surface area contributed by atoms with Crippen LogP contribution in [0.25, 0.3) is 0 Å². The van der Waals surface area contributed by atoms with E-state index in [1.165, 1.54) is 49.6 Å². The third-order valence-corrected chi connectivity index (χ3v) is 2.92. The second-order valence-electron chi connectivity index (χ2n) is 4.40. The summed E-state index contributed by atoms with van der Waals surface area (Å²) in [5.41, 5.74) is 0.671. The number of amides is 1. The Morgan fingerprint density at radius 3 is 2.22 bits per heavy atom. The van der Waals surface area contributed by atoms with Crippen molar-refractivity contribution < 1.29 is 27.8 Å². The van der Waals surface area contributed by atoms with Gasteiger partial charge in [-0.15, -0.1) is 0 Å². The Bertz CT molecular complexity index is 701. The minimum atomic E-state index is -2.99. The molecule has 0 unspecified atom stereocenters. The number of carbonyl (C=O) groups is 2. The van der Waals surface area contributed by atoms with Crippen molar-refractivity contribution in [1.82, 2.24) is 0 Å². The number of halogens is 2. The number of methoxy groups -OCH3 is 1. The lowest BCUT2D eigenvalue weighted by atomic mass is 10.1. The number of hydrogen-bond acceptors (Lipinski definition) is 4. The van der Waals surface area contributed by atoms with Crippen LogP contribution in [-0.4, -0.2) is 25.6 Å². The van der Waals surface area contributed by atoms with Crippen LogP contribution in [0.5, 0.6) is 5.75 Å². The molecular weight excluding hydrogens is 308 g/mol. The number of rotatable bonds is 5. The molecule has 1 N–H and O–H groups in total. The molecule has 5 nitrogen and oxygen atoms in total. The van der Waals surface area contributed by atoms with Crippen LogP contribution in [0.4, 0.5) is 14.5 Å². The van der Waals surface area contributed by atoms with E-state index < -0.39 is 18.5 Å². The summed E-state index contributed by atoms with van der Waals surface area (Å²) in [4.78, 5) is 23.5. The van der Waals surface area contributed by atoms with Gasteiger partial charge in [-0.2, -0.15) is 8.78 Å². The molecule has 2 aromatic rings. The maximum absolute atomic E-state index is 12.3. The molecule has 0 fully saturated rings. The monoisotopic (exact) mass is 321 g/mol. The van der Waals surface area contributed by atoms with Gasteiger partial charge in [0.05, 0.1) is 18.4 Å². The highest BCUT2D eigenvalue weighted by Crippen LogP contribution is 2.26. The van der Waals surface area contributed by atoms with Gasteiger partial charge in [0.1, 0.15) is 5.75 Å². The maximum Gasteiger partial charge on any atom is 0.387 e. The molecule has 0 saturated carbocycles. The first-order valence-electron chi connectivity index (χ1n) is 6.55. The third-order valence-electron chi connectivity index (χ3n) is 2.92. The minimum absolute atomic E-state index is 0.120. The van der Waals surface area contributed by atoms with Crippen molar-refractivity contribution in [2.24, 2.45) is 0 Å². The number of hydrogen-bond donors (Lipinski definition) is 1. The molecule has 1 amide bonds. The number of benzene rings is 2. The normalized spacial score (nSPS) is 10.3. The first-order valence-corrected chi connectivity index (χ1v) is 6.55. The van der Waals surface area contributed by atoms with Crippen molar-refractivity contribution in [1.29, 1.82) is 0 Å². The number of carbonyl (C=O) groups excluding carboxylic acids is 2. The molecule has 0 bridgehead atoms. The summed E-state index contributed by atoms with van der Waals surface area (Å²) >= 11 is 0. The zero-order valence-electron chi connectivity index (χ0n) is 12.1. The van der Waals surface area contributed by atoms with E-state index >= 15 is 0 Å². The fourth-order valence-electron chi connectivity index (χ4n) is 1.84. The second-order valence-corrected chi connectivity index (χ2v) is 4.40. The highest BCUT2D eigenvalue weighted by molar-refractivity contribution is 6.05. The Hall–Kier alpha value is -2.96. The van der Waals surface area contributed by atoms with Gasteiger partial charge in [-0.3, -0.25) is 4.79 Å². The maximum atomic E-state index is 12.3. The molecule has 0 spiro atoms. The summed E-state index contributed by atoms with van der Waals surface area (Å²) in [5.74, 6) is -1.18. The highest BCUT2D eigenvalue weighted by atomic mass is 19.3. The molecule has 0 aliphatic rings. The minimum Gasteiger partial charge on any atom is -0.465 e. The van der Waals surface area contributed by atoms with Gasteiger partial charge in [0.25, 0.3) is 5.91 Å². The molecule has 0 saturated heterocycles. The molecule has 0 radical (unpaired) electrons. The van der Waals surface area contributed by atoms with Crippen molar-refractivity contribution in [2.45, 2.75) is 6.61 Å². The van der Waals surface area contributed by atoms with E-state index in [1.807, 2.05) is 0 Å². The molecule has 0 aromatic heterocycles. The Kier molecular flexibility index (Phi) is 5.24. The Labute approximate surface area is 130 Å². The van der Waals surface area contributed by atoms with E-state index in [4.69, 9.17) is 0 Å². The van der Waals surface area contributed by atoms with Gasteiger partial charge in [-0.25, -0.2) is 4.79 Å². The van der Waals surface area contributed by atoms with Gasteiger partial charge >= 0.3 is 12.6 Å². The van der Waals surface area contributed by atoms with Gasteiger partial charge in [0.15, 0.2) is 0 Å². The lowest BCUT2D eigenvalue weighted by Crippen LogP contribution is -2.14. The molecule has 23 heavy (non-hydrogen) atoms. The van der Waals surface area contributed by atoms with E-state index in [2.05, 4.69) is 14.8 Å². The van der Waals surface area contributed by atoms with E-state index in [0.29, 0.717) is 5.56 Å². The SMILES string of the molecule is COC(=O)c1ccc(C(=O)Nc2ccccc2OC(F)F)cc1. The lowest BCUT2D eigenvalue weighted by Gasteiger charge is -2.11. The van der Waals surface area contributed by atoms with E-state index in [9.17, 15) is 18.4 Å². The van der Waals surface area contributed by atoms with Gasteiger partial charge < -0.3 is 14.8 Å². The Morgan fingerprint density at radius 2 is 1.61 bits per heavy atom. The summed E-state index contributed by atoms with van der Waals surface area (Å²) in [6, 6.07) is 11.6. The molecule has 0 aliphatic heterocycles. The zero-order valence-corrected chi connectivity index (χ0v) is 12.1. The van der Waals surface area contributed by atoms with Crippen LogP contribution >= 0.6 is 0 Å². The van der Waals surface area contributed by atoms with Crippen LogP contribution in [-0.2, 0) is 4.74 Å². The van der Waals surface area contributed by atoms with Crippen molar-refractivity contribution in [3.8, 4) is 5.75 Å². The quantitative estimate of drug-likeness (QED) is 0.858. The summed E-state index contributed by atoms with van der Waals surface area (Å²) in [7, 11) is 1.25. The predicted molar refractivity (Wildman–Crippen MR) is 78.8 cm³/mol. The van der Waals surface area contributed by atoms with Crippen molar-refractivity contribution in [3.05, 3.63) is 59.7 Å². The van der Waals surface area contributed by atoms with Crippen molar-refractivity contribution in [2.75, 3.05) is 12.4 Å². The van der Waals surface area contributed by atoms with Gasteiger partial charge in [0.2, 0.25) is 0 Å². The predicted octanol–water partition coefficient (Wildman–Crippen LogP) is 3.33. The Morgan fingerprint density at radius 1 is 1.00 bits per heavy atom. The standard InChI is InChI=1S/C16H13F2NO4/c1-22-15(21)11-8-6-10(7-9-11)14(20)19-12-4-2-3-5-13(12)23-16(17)18/h2-9,16H,1H3,(H,19,20). The average Bonchev–Trinajstić information content (AvgIpc) is 2.55. The molecule has 7 heteroatoms. The largest absolute Gasteiger partial charge is 0.465 e. The lowest BCUT2D eigenvalue weighted by molar-refractivity contribution is -0.0493. The molecule has 120 valence electrons. The first-order chi connectivity index (χ1) is 11.0. The molecule has 0 atom stereocenters. The number of ether oxygens (including phenoxy) is 2. The number of para-hydroxylation sites is 2. The number of anilines is 1. The number of alkyl halides is 2. The number of esters is 1. The third kappa shape index (κ3) is 4.26. The highest BCUT2D eigenvalue weighted by Gasteiger charge is 2.13. The summed E-state index contributed by atoms with van der Waals surface area (Å²) in [5, 5.41) is 2.48.